The molecule has 0 fully saturated rings. The molecule has 0 aliphatic carbocycles. The molecule has 8 aromatic carbocycles. The van der Waals surface area contributed by atoms with Crippen LogP contribution in [0.3, 0.4) is 0 Å². The minimum Gasteiger partial charge on any atom is -0.870 e. The Balaban J connectivity index is 0.000000274. The molecule has 0 saturated carbocycles. The van der Waals surface area contributed by atoms with E-state index in [1.807, 2.05) is 27.7 Å². The van der Waals surface area contributed by atoms with Crippen LogP contribution in [0.2, 0.25) is 0 Å². The molecule has 0 N–H and O–H groups in total. The number of nitrogens with zero attached hydrogens (tertiary/aromatic N) is 4. The molecule has 8 rings (SSSR count). The molecular formula is C60H52Co2N4O10. The summed E-state index contributed by atoms with van der Waals surface area (Å²) in [6.45, 7) is 9.06. The normalized spacial score (nSPS) is 10.9. The summed E-state index contributed by atoms with van der Waals surface area (Å²) >= 11 is 0. The third kappa shape index (κ3) is 16.7. The van der Waals surface area contributed by atoms with Gasteiger partial charge in [0.1, 0.15) is 46.0 Å². The summed E-state index contributed by atoms with van der Waals surface area (Å²) in [6, 6.07) is 49.3. The molecule has 8 aromatic rings. The van der Waals surface area contributed by atoms with Gasteiger partial charge in [-0.2, -0.15) is 0 Å². The van der Waals surface area contributed by atoms with Gasteiger partial charge in [0.05, 0.1) is 49.2 Å². The third-order valence-electron chi connectivity index (χ3n) is 10.5. The second-order valence-electron chi connectivity index (χ2n) is 15.6. The number of benzene rings is 8. The maximum absolute atomic E-state index is 12.4. The Morgan fingerprint density at radius 2 is 0.500 bits per heavy atom. The number of para-hydroxylation sites is 4. The number of ether oxygens (including phenoxy) is 6. The Bertz CT molecular complexity index is 2780. The van der Waals surface area contributed by atoms with Crippen LogP contribution in [0.25, 0.3) is 0 Å². The second-order valence-corrected chi connectivity index (χ2v) is 15.6. The van der Waals surface area contributed by atoms with Gasteiger partial charge < -0.3 is 48.8 Å². The van der Waals surface area contributed by atoms with Crippen LogP contribution in [-0.2, 0) is 33.6 Å². The summed E-state index contributed by atoms with van der Waals surface area (Å²) in [6.07, 6.45) is 6.12. The molecule has 390 valence electrons. The summed E-state index contributed by atoms with van der Waals surface area (Å²) in [5.74, 6) is 3.09. The van der Waals surface area contributed by atoms with Gasteiger partial charge >= 0.3 is 33.6 Å². The third-order valence-corrected chi connectivity index (χ3v) is 10.5. The predicted octanol–water partition coefficient (Wildman–Crippen LogP) is 11.8. The molecule has 0 bridgehead atoms. The maximum atomic E-state index is 12.4. The summed E-state index contributed by atoms with van der Waals surface area (Å²) in [5, 5.41) is 49.5. The van der Waals surface area contributed by atoms with Crippen molar-refractivity contribution in [3.63, 3.8) is 0 Å². The van der Waals surface area contributed by atoms with E-state index in [4.69, 9.17) is 28.4 Å². The second kappa shape index (κ2) is 30.0. The predicted molar refractivity (Wildman–Crippen MR) is 283 cm³/mol. The number of aliphatic imine (C=N–C) groups is 4. The summed E-state index contributed by atoms with van der Waals surface area (Å²) in [4.78, 5) is 17.5. The fourth-order valence-electron chi connectivity index (χ4n) is 6.86. The first-order valence-corrected chi connectivity index (χ1v) is 23.8. The molecule has 14 nitrogen and oxygen atoms in total. The van der Waals surface area contributed by atoms with E-state index in [1.54, 1.807) is 170 Å². The van der Waals surface area contributed by atoms with E-state index in [0.717, 1.165) is 0 Å². The quantitative estimate of drug-likeness (QED) is 0.0662. The van der Waals surface area contributed by atoms with Crippen LogP contribution < -0.4 is 48.8 Å². The molecule has 2 radical (unpaired) electrons. The number of hydrogen-bond donors (Lipinski definition) is 0. The molecule has 0 saturated heterocycles. The van der Waals surface area contributed by atoms with Crippen LogP contribution >= 0.6 is 0 Å². The minimum atomic E-state index is -0.187. The molecule has 0 unspecified atom stereocenters. The van der Waals surface area contributed by atoms with Gasteiger partial charge in [-0.1, -0.05) is 71.5 Å². The topological polar surface area (TPSA) is 197 Å². The van der Waals surface area contributed by atoms with Crippen molar-refractivity contribution >= 4 is 47.6 Å². The average Bonchev–Trinajstić information content (AvgIpc) is 3.42. The zero-order chi connectivity index (χ0) is 52.1. The van der Waals surface area contributed by atoms with Crippen LogP contribution in [-0.4, -0.2) is 51.3 Å². The SMILES string of the molecule is CCOc1cccc(C=Nc2ccc(Oc3ccc(N=Cc4cccc(OCC)c4[O-])cc3)cc2)c1[O-].CCOc1cccc(C=Nc2ccc(Oc3ccc(N=Cc4cccc(OCC)c4[O-])cc3)cc2)c1[O-].[Co+2].[Co+2]. The van der Waals surface area contributed by atoms with Crippen molar-refractivity contribution in [3.05, 3.63) is 192 Å². The first kappa shape index (κ1) is 58.3. The van der Waals surface area contributed by atoms with E-state index in [1.165, 1.54) is 24.9 Å². The molecule has 0 atom stereocenters. The maximum Gasteiger partial charge on any atom is 2.00 e. The van der Waals surface area contributed by atoms with Gasteiger partial charge in [0.25, 0.3) is 0 Å². The largest absolute Gasteiger partial charge is 2.00 e. The summed E-state index contributed by atoms with van der Waals surface area (Å²) in [5.41, 5.74) is 4.58. The van der Waals surface area contributed by atoms with Gasteiger partial charge in [0.15, 0.2) is 0 Å². The van der Waals surface area contributed by atoms with Crippen LogP contribution in [0, 0.1) is 0 Å². The van der Waals surface area contributed by atoms with E-state index in [2.05, 4.69) is 20.0 Å². The molecular weight excluding hydrogens is 1050 g/mol. The van der Waals surface area contributed by atoms with Crippen LogP contribution in [0.4, 0.5) is 22.7 Å². The van der Waals surface area contributed by atoms with E-state index < -0.39 is 0 Å². The molecule has 0 aliphatic rings. The smallest absolute Gasteiger partial charge is 0.870 e. The van der Waals surface area contributed by atoms with Gasteiger partial charge in [0, 0.05) is 24.9 Å². The van der Waals surface area contributed by atoms with E-state index in [-0.39, 0.29) is 56.6 Å². The monoisotopic (exact) mass is 1110 g/mol. The zero-order valence-corrected chi connectivity index (χ0v) is 43.9. The van der Waals surface area contributed by atoms with Gasteiger partial charge in [-0.15, -0.1) is 0 Å². The average molecular weight is 1110 g/mol. The Morgan fingerprint density at radius 1 is 0.303 bits per heavy atom. The fraction of sp³-hybridized carbons (Fsp3) is 0.133. The van der Waals surface area contributed by atoms with Gasteiger partial charge in [-0.3, -0.25) is 20.0 Å². The molecule has 0 aromatic heterocycles. The van der Waals surface area contributed by atoms with Crippen molar-refractivity contribution in [2.45, 2.75) is 27.7 Å². The standard InChI is InChI=1S/2C30H28N2O5.2Co/c2*1-3-35-27-9-5-7-21(29(27)33)19-31-23-11-15-25(16-12-23)37-26-17-13-24(14-18-26)32-20-22-8-6-10-28(30(22)34)36-4-2;;/h2*5-20,33-34H,3-4H2,1-2H3;;/q;;2*+2/p-4. The molecule has 0 spiro atoms. The van der Waals surface area contributed by atoms with Crippen LogP contribution in [0.15, 0.2) is 190 Å². The number of hydrogen-bond acceptors (Lipinski definition) is 14. The Kier molecular flexibility index (Phi) is 23.0. The van der Waals surface area contributed by atoms with Crippen molar-refractivity contribution in [1.29, 1.82) is 0 Å². The van der Waals surface area contributed by atoms with Gasteiger partial charge in [0.2, 0.25) is 0 Å². The Morgan fingerprint density at radius 3 is 0.684 bits per heavy atom. The summed E-state index contributed by atoms with van der Waals surface area (Å²) < 4.78 is 33.2. The first-order chi connectivity index (χ1) is 36.1. The molecule has 0 amide bonds. The summed E-state index contributed by atoms with van der Waals surface area (Å²) in [7, 11) is 0. The van der Waals surface area contributed by atoms with Crippen molar-refractivity contribution in [3.8, 4) is 69.0 Å². The Hall–Kier alpha value is -8.55. The van der Waals surface area contributed by atoms with Gasteiger partial charge in [-0.05, 0) is 171 Å². The van der Waals surface area contributed by atoms with E-state index in [9.17, 15) is 20.4 Å². The van der Waals surface area contributed by atoms with E-state index >= 15 is 0 Å². The zero-order valence-electron chi connectivity index (χ0n) is 41.8. The van der Waals surface area contributed by atoms with Crippen LogP contribution in [0.5, 0.6) is 69.0 Å². The van der Waals surface area contributed by atoms with Crippen molar-refractivity contribution in [2.75, 3.05) is 26.4 Å². The molecule has 16 heteroatoms. The van der Waals surface area contributed by atoms with Crippen molar-refractivity contribution in [2.24, 2.45) is 20.0 Å². The Labute approximate surface area is 462 Å². The van der Waals surface area contributed by atoms with E-state index in [0.29, 0.717) is 117 Å². The molecule has 0 heterocycles. The number of rotatable bonds is 20. The van der Waals surface area contributed by atoms with Crippen molar-refractivity contribution < 1.29 is 82.4 Å². The van der Waals surface area contributed by atoms with Crippen LogP contribution in [0.1, 0.15) is 49.9 Å². The van der Waals surface area contributed by atoms with Gasteiger partial charge in [-0.25, -0.2) is 0 Å². The van der Waals surface area contributed by atoms with Crippen molar-refractivity contribution in [1.82, 2.24) is 0 Å². The minimum absolute atomic E-state index is 0. The fourth-order valence-corrected chi connectivity index (χ4v) is 6.86. The molecule has 76 heavy (non-hydrogen) atoms. The molecule has 0 aliphatic heterocycles. The first-order valence-electron chi connectivity index (χ1n) is 23.8.